The Kier molecular flexibility index (Phi) is 6.07. The number of thiocarbonyl (C=S) groups is 1. The van der Waals surface area contributed by atoms with Gasteiger partial charge >= 0.3 is 18.3 Å². The summed E-state index contributed by atoms with van der Waals surface area (Å²) in [7, 11) is 1.07. The van der Waals surface area contributed by atoms with Gasteiger partial charge in [-0.2, -0.15) is 8.78 Å². The predicted octanol–water partition coefficient (Wildman–Crippen LogP) is 2.59. The third-order valence-corrected chi connectivity index (χ3v) is 3.04. The quantitative estimate of drug-likeness (QED) is 0.496. The van der Waals surface area contributed by atoms with Gasteiger partial charge in [0.1, 0.15) is 6.04 Å². The molecule has 0 amide bonds. The fourth-order valence-corrected chi connectivity index (χ4v) is 1.77. The van der Waals surface area contributed by atoms with Crippen LogP contribution < -0.4 is 5.32 Å². The highest BCUT2D eigenvalue weighted by molar-refractivity contribution is 7.80. The fourth-order valence-electron chi connectivity index (χ4n) is 1.54. The SMILES string of the molecule is COC(=O)[C@H](Cc1ccccc1)NC(=S)C(F)(F)C(F)F. The minimum atomic E-state index is -4.50. The van der Waals surface area contributed by atoms with E-state index in [0.717, 1.165) is 7.11 Å². The van der Waals surface area contributed by atoms with Gasteiger partial charge in [-0.1, -0.05) is 42.5 Å². The number of nitrogens with one attached hydrogen (secondary N) is 1. The summed E-state index contributed by atoms with van der Waals surface area (Å²) >= 11 is 4.28. The Labute approximate surface area is 124 Å². The van der Waals surface area contributed by atoms with Gasteiger partial charge in [-0.25, -0.2) is 13.6 Å². The van der Waals surface area contributed by atoms with Crippen molar-refractivity contribution in [3.63, 3.8) is 0 Å². The van der Waals surface area contributed by atoms with Crippen molar-refractivity contribution in [2.45, 2.75) is 24.8 Å². The molecule has 0 spiro atoms. The van der Waals surface area contributed by atoms with E-state index >= 15 is 0 Å². The maximum atomic E-state index is 13.1. The van der Waals surface area contributed by atoms with E-state index in [0.29, 0.717) is 5.56 Å². The Bertz CT molecular complexity index is 496. The molecule has 3 nitrogen and oxygen atoms in total. The van der Waals surface area contributed by atoms with E-state index in [2.05, 4.69) is 17.0 Å². The van der Waals surface area contributed by atoms with E-state index in [1.165, 1.54) is 0 Å². The van der Waals surface area contributed by atoms with E-state index in [1.807, 2.05) is 5.32 Å². The molecule has 0 heterocycles. The zero-order valence-corrected chi connectivity index (χ0v) is 11.8. The van der Waals surface area contributed by atoms with Gasteiger partial charge in [0.15, 0.2) is 4.99 Å². The molecule has 1 aromatic rings. The summed E-state index contributed by atoms with van der Waals surface area (Å²) in [5.41, 5.74) is 0.642. The van der Waals surface area contributed by atoms with Crippen LogP contribution in [0.3, 0.4) is 0 Å². The van der Waals surface area contributed by atoms with Crippen LogP contribution >= 0.6 is 12.2 Å². The Morgan fingerprint density at radius 3 is 2.38 bits per heavy atom. The zero-order valence-electron chi connectivity index (χ0n) is 11.0. The minimum absolute atomic E-state index is 0.0209. The number of ether oxygens (including phenoxy) is 1. The van der Waals surface area contributed by atoms with E-state index in [9.17, 15) is 22.4 Å². The van der Waals surface area contributed by atoms with E-state index in [4.69, 9.17) is 0 Å². The van der Waals surface area contributed by atoms with Crippen molar-refractivity contribution in [1.29, 1.82) is 0 Å². The monoisotopic (exact) mass is 323 g/mol. The third-order valence-electron chi connectivity index (χ3n) is 2.65. The number of hydrogen-bond acceptors (Lipinski definition) is 3. The first-order chi connectivity index (χ1) is 9.78. The number of halogens is 4. The molecule has 1 atom stereocenters. The van der Waals surface area contributed by atoms with Gasteiger partial charge < -0.3 is 10.1 Å². The summed E-state index contributed by atoms with van der Waals surface area (Å²) in [5.74, 6) is -5.37. The summed E-state index contributed by atoms with van der Waals surface area (Å²) in [5, 5.41) is 1.96. The molecule has 1 N–H and O–H groups in total. The highest BCUT2D eigenvalue weighted by Gasteiger charge is 2.46. The Balaban J connectivity index is 2.85. The lowest BCUT2D eigenvalue weighted by atomic mass is 10.1. The van der Waals surface area contributed by atoms with Crippen molar-refractivity contribution in [3.05, 3.63) is 35.9 Å². The highest BCUT2D eigenvalue weighted by atomic mass is 32.1. The van der Waals surface area contributed by atoms with Crippen LogP contribution in [0.2, 0.25) is 0 Å². The minimum Gasteiger partial charge on any atom is -0.467 e. The maximum absolute atomic E-state index is 13.1. The molecule has 0 bridgehead atoms. The van der Waals surface area contributed by atoms with Gasteiger partial charge in [-0.15, -0.1) is 0 Å². The number of rotatable bonds is 6. The first-order valence-corrected chi connectivity index (χ1v) is 6.28. The standard InChI is InChI=1S/C13H13F4NO2S/c1-20-10(19)9(7-8-5-3-2-4-6-8)18-12(21)13(16,17)11(14)15/h2-6,9,11H,7H2,1H3,(H,18,21)/t9-/m0/s1. The number of hydrogen-bond donors (Lipinski definition) is 1. The van der Waals surface area contributed by atoms with Crippen LogP contribution in [-0.2, 0) is 16.0 Å². The molecule has 21 heavy (non-hydrogen) atoms. The maximum Gasteiger partial charge on any atom is 0.356 e. The van der Waals surface area contributed by atoms with Crippen molar-refractivity contribution < 1.29 is 27.1 Å². The number of benzene rings is 1. The van der Waals surface area contributed by atoms with Crippen molar-refractivity contribution in [1.82, 2.24) is 5.32 Å². The van der Waals surface area contributed by atoms with Crippen molar-refractivity contribution in [2.75, 3.05) is 7.11 Å². The summed E-state index contributed by atoms with van der Waals surface area (Å²) in [6.45, 7) is 0. The third kappa shape index (κ3) is 4.66. The molecule has 0 saturated carbocycles. The molecule has 0 aliphatic carbocycles. The summed E-state index contributed by atoms with van der Waals surface area (Å²) in [6.07, 6.45) is -3.97. The molecule has 0 aliphatic heterocycles. The predicted molar refractivity (Wildman–Crippen MR) is 72.6 cm³/mol. The summed E-state index contributed by atoms with van der Waals surface area (Å²) in [4.78, 5) is 10.2. The van der Waals surface area contributed by atoms with Gasteiger partial charge in [0.2, 0.25) is 0 Å². The van der Waals surface area contributed by atoms with Crippen LogP contribution in [0.1, 0.15) is 5.56 Å². The van der Waals surface area contributed by atoms with Gasteiger partial charge in [0, 0.05) is 6.42 Å². The van der Waals surface area contributed by atoms with Crippen LogP contribution in [0.15, 0.2) is 30.3 Å². The molecular formula is C13H13F4NO2S. The lowest BCUT2D eigenvalue weighted by Gasteiger charge is -2.22. The highest BCUT2D eigenvalue weighted by Crippen LogP contribution is 2.24. The van der Waals surface area contributed by atoms with Crippen LogP contribution in [-0.4, -0.2) is 36.5 Å². The molecule has 0 aromatic heterocycles. The second kappa shape index (κ2) is 7.35. The molecule has 0 saturated heterocycles. The molecular weight excluding hydrogens is 310 g/mol. The largest absolute Gasteiger partial charge is 0.467 e. The summed E-state index contributed by atoms with van der Waals surface area (Å²) < 4.78 is 55.1. The number of methoxy groups -OCH3 is 1. The van der Waals surface area contributed by atoms with E-state index < -0.39 is 29.3 Å². The Hall–Kier alpha value is -1.70. The fraction of sp³-hybridized carbons (Fsp3) is 0.385. The second-order valence-electron chi connectivity index (χ2n) is 4.16. The Morgan fingerprint density at radius 2 is 1.90 bits per heavy atom. The lowest BCUT2D eigenvalue weighted by molar-refractivity contribution is -0.142. The number of carbonyl (C=O) groups is 1. The molecule has 0 fully saturated rings. The Morgan fingerprint density at radius 1 is 1.33 bits per heavy atom. The van der Waals surface area contributed by atoms with Gasteiger partial charge in [-0.3, -0.25) is 0 Å². The van der Waals surface area contributed by atoms with E-state index in [1.54, 1.807) is 30.3 Å². The molecule has 1 aromatic carbocycles. The van der Waals surface area contributed by atoms with Crippen molar-refractivity contribution in [3.8, 4) is 0 Å². The van der Waals surface area contributed by atoms with Crippen LogP contribution in [0, 0.1) is 0 Å². The van der Waals surface area contributed by atoms with Gasteiger partial charge in [0.25, 0.3) is 0 Å². The van der Waals surface area contributed by atoms with Crippen LogP contribution in [0.5, 0.6) is 0 Å². The van der Waals surface area contributed by atoms with Crippen molar-refractivity contribution >= 4 is 23.2 Å². The second-order valence-corrected chi connectivity index (χ2v) is 4.57. The average Bonchev–Trinajstić information content (AvgIpc) is 2.46. The topological polar surface area (TPSA) is 38.3 Å². The normalized spacial score (nSPS) is 12.9. The number of carbonyl (C=O) groups excluding carboxylic acids is 1. The van der Waals surface area contributed by atoms with Gasteiger partial charge in [-0.05, 0) is 5.56 Å². The number of esters is 1. The summed E-state index contributed by atoms with van der Waals surface area (Å²) in [6, 6.07) is 7.16. The van der Waals surface area contributed by atoms with E-state index in [-0.39, 0.29) is 6.42 Å². The average molecular weight is 323 g/mol. The molecule has 0 radical (unpaired) electrons. The molecule has 0 unspecified atom stereocenters. The molecule has 116 valence electrons. The first kappa shape index (κ1) is 17.4. The molecule has 0 aliphatic rings. The number of alkyl halides is 4. The van der Waals surface area contributed by atoms with Crippen LogP contribution in [0.4, 0.5) is 17.6 Å². The lowest BCUT2D eigenvalue weighted by Crippen LogP contribution is -2.51. The molecule has 1 rings (SSSR count). The molecule has 8 heteroatoms. The van der Waals surface area contributed by atoms with Crippen molar-refractivity contribution in [2.24, 2.45) is 0 Å². The smallest absolute Gasteiger partial charge is 0.356 e. The first-order valence-electron chi connectivity index (χ1n) is 5.87. The van der Waals surface area contributed by atoms with Gasteiger partial charge in [0.05, 0.1) is 7.11 Å². The van der Waals surface area contributed by atoms with Crippen LogP contribution in [0.25, 0.3) is 0 Å². The zero-order chi connectivity index (χ0) is 16.0.